The van der Waals surface area contributed by atoms with E-state index in [9.17, 15) is 0 Å². The second kappa shape index (κ2) is 6.96. The SMILES string of the molecule is CCNC(c1ccccc1Cl)c1c(OC)cnn1C(C)C. The van der Waals surface area contributed by atoms with E-state index in [1.807, 2.05) is 28.9 Å². The molecule has 0 aliphatic rings. The second-order valence-electron chi connectivity index (χ2n) is 5.15. The Labute approximate surface area is 131 Å². The first-order valence-corrected chi connectivity index (χ1v) is 7.57. The number of nitrogens with zero attached hydrogens (tertiary/aromatic N) is 2. The lowest BCUT2D eigenvalue weighted by atomic mass is 10.0. The zero-order chi connectivity index (χ0) is 15.4. The first kappa shape index (κ1) is 15.9. The summed E-state index contributed by atoms with van der Waals surface area (Å²) in [6, 6.07) is 8.06. The highest BCUT2D eigenvalue weighted by atomic mass is 35.5. The number of hydrogen-bond acceptors (Lipinski definition) is 3. The van der Waals surface area contributed by atoms with Crippen LogP contribution in [0.3, 0.4) is 0 Å². The molecular weight excluding hydrogens is 286 g/mol. The lowest BCUT2D eigenvalue weighted by Gasteiger charge is -2.23. The van der Waals surface area contributed by atoms with Crippen molar-refractivity contribution in [3.05, 3.63) is 46.7 Å². The summed E-state index contributed by atoms with van der Waals surface area (Å²) in [6.45, 7) is 7.10. The van der Waals surface area contributed by atoms with E-state index in [4.69, 9.17) is 16.3 Å². The summed E-state index contributed by atoms with van der Waals surface area (Å²) in [5.74, 6) is 0.773. The number of nitrogens with one attached hydrogen (secondary N) is 1. The molecule has 0 radical (unpaired) electrons. The summed E-state index contributed by atoms with van der Waals surface area (Å²) in [4.78, 5) is 0. The number of methoxy groups -OCH3 is 1. The fourth-order valence-electron chi connectivity index (χ4n) is 2.47. The van der Waals surface area contributed by atoms with Gasteiger partial charge in [-0.05, 0) is 32.0 Å². The molecule has 0 saturated heterocycles. The van der Waals surface area contributed by atoms with Crippen LogP contribution in [0.2, 0.25) is 5.02 Å². The number of aromatic nitrogens is 2. The molecule has 1 atom stereocenters. The van der Waals surface area contributed by atoms with Gasteiger partial charge in [-0.1, -0.05) is 36.7 Å². The lowest BCUT2D eigenvalue weighted by Crippen LogP contribution is -2.26. The van der Waals surface area contributed by atoms with E-state index in [-0.39, 0.29) is 12.1 Å². The topological polar surface area (TPSA) is 39.1 Å². The van der Waals surface area contributed by atoms with Crippen LogP contribution in [0.25, 0.3) is 0 Å². The Morgan fingerprint density at radius 1 is 1.33 bits per heavy atom. The molecule has 1 heterocycles. The van der Waals surface area contributed by atoms with Crippen LogP contribution in [0.4, 0.5) is 0 Å². The van der Waals surface area contributed by atoms with E-state index in [2.05, 4.69) is 31.2 Å². The van der Waals surface area contributed by atoms with Gasteiger partial charge in [-0.3, -0.25) is 4.68 Å². The number of halogens is 1. The van der Waals surface area contributed by atoms with E-state index >= 15 is 0 Å². The van der Waals surface area contributed by atoms with E-state index in [0.29, 0.717) is 0 Å². The third-order valence-electron chi connectivity index (χ3n) is 3.41. The number of hydrogen-bond donors (Lipinski definition) is 1. The fraction of sp³-hybridized carbons (Fsp3) is 0.438. The molecule has 0 bridgehead atoms. The highest BCUT2D eigenvalue weighted by Gasteiger charge is 2.25. The van der Waals surface area contributed by atoms with Gasteiger partial charge in [0.05, 0.1) is 19.3 Å². The van der Waals surface area contributed by atoms with Crippen molar-refractivity contribution in [2.24, 2.45) is 0 Å². The van der Waals surface area contributed by atoms with Crippen molar-refractivity contribution in [2.75, 3.05) is 13.7 Å². The summed E-state index contributed by atoms with van der Waals surface area (Å²) >= 11 is 6.39. The van der Waals surface area contributed by atoms with E-state index in [1.54, 1.807) is 13.3 Å². The molecule has 0 aliphatic carbocycles. The third-order valence-corrected chi connectivity index (χ3v) is 3.75. The Hall–Kier alpha value is -1.52. The van der Waals surface area contributed by atoms with Crippen molar-refractivity contribution in [1.29, 1.82) is 0 Å². The Balaban J connectivity index is 2.58. The van der Waals surface area contributed by atoms with Crippen LogP contribution in [-0.2, 0) is 0 Å². The maximum Gasteiger partial charge on any atom is 0.161 e. The molecule has 4 nitrogen and oxygen atoms in total. The zero-order valence-corrected chi connectivity index (χ0v) is 13.7. The normalized spacial score (nSPS) is 12.7. The average Bonchev–Trinajstić information content (AvgIpc) is 2.89. The minimum absolute atomic E-state index is 0.0523. The van der Waals surface area contributed by atoms with Crippen LogP contribution in [0.15, 0.2) is 30.5 Å². The van der Waals surface area contributed by atoms with Crippen LogP contribution in [0, 0.1) is 0 Å². The number of benzene rings is 1. The van der Waals surface area contributed by atoms with Crippen molar-refractivity contribution in [1.82, 2.24) is 15.1 Å². The molecule has 0 fully saturated rings. The van der Waals surface area contributed by atoms with E-state index < -0.39 is 0 Å². The maximum absolute atomic E-state index is 6.39. The summed E-state index contributed by atoms with van der Waals surface area (Å²) < 4.78 is 7.48. The summed E-state index contributed by atoms with van der Waals surface area (Å²) in [5.41, 5.74) is 2.03. The average molecular weight is 308 g/mol. The van der Waals surface area contributed by atoms with Crippen molar-refractivity contribution in [3.63, 3.8) is 0 Å². The molecule has 0 saturated carbocycles. The Kier molecular flexibility index (Phi) is 5.26. The van der Waals surface area contributed by atoms with Gasteiger partial charge in [0.25, 0.3) is 0 Å². The molecule has 5 heteroatoms. The van der Waals surface area contributed by atoms with Gasteiger partial charge >= 0.3 is 0 Å². The molecule has 2 rings (SSSR count). The predicted octanol–water partition coefficient (Wildman–Crippen LogP) is 3.82. The van der Waals surface area contributed by atoms with Crippen LogP contribution in [0.1, 0.15) is 44.1 Å². The quantitative estimate of drug-likeness (QED) is 0.881. The van der Waals surface area contributed by atoms with Gasteiger partial charge in [-0.2, -0.15) is 5.10 Å². The largest absolute Gasteiger partial charge is 0.493 e. The lowest BCUT2D eigenvalue weighted by molar-refractivity contribution is 0.394. The molecule has 21 heavy (non-hydrogen) atoms. The van der Waals surface area contributed by atoms with Gasteiger partial charge in [0, 0.05) is 11.1 Å². The predicted molar refractivity (Wildman–Crippen MR) is 86.1 cm³/mol. The van der Waals surface area contributed by atoms with Gasteiger partial charge in [0.15, 0.2) is 5.75 Å². The van der Waals surface area contributed by atoms with Crippen molar-refractivity contribution in [2.45, 2.75) is 32.9 Å². The molecule has 0 spiro atoms. The van der Waals surface area contributed by atoms with Gasteiger partial charge in [0.1, 0.15) is 5.69 Å². The molecule has 1 aromatic heterocycles. The highest BCUT2D eigenvalue weighted by Crippen LogP contribution is 2.34. The molecular formula is C16H22ClN3O. The van der Waals surface area contributed by atoms with Crippen molar-refractivity contribution < 1.29 is 4.74 Å². The van der Waals surface area contributed by atoms with Crippen LogP contribution in [0.5, 0.6) is 5.75 Å². The number of ether oxygens (including phenoxy) is 1. The molecule has 114 valence electrons. The zero-order valence-electron chi connectivity index (χ0n) is 12.9. The van der Waals surface area contributed by atoms with Gasteiger partial charge < -0.3 is 10.1 Å². The van der Waals surface area contributed by atoms with E-state index in [0.717, 1.165) is 28.6 Å². The fourth-order valence-corrected chi connectivity index (χ4v) is 2.71. The van der Waals surface area contributed by atoms with E-state index in [1.165, 1.54) is 0 Å². The molecule has 0 aliphatic heterocycles. The molecule has 0 amide bonds. The van der Waals surface area contributed by atoms with Crippen LogP contribution >= 0.6 is 11.6 Å². The maximum atomic E-state index is 6.39. The highest BCUT2D eigenvalue weighted by molar-refractivity contribution is 6.31. The molecule has 1 N–H and O–H groups in total. The minimum atomic E-state index is -0.0523. The smallest absolute Gasteiger partial charge is 0.161 e. The standard InChI is InChI=1S/C16H22ClN3O/c1-5-18-15(12-8-6-7-9-13(12)17)16-14(21-4)10-19-20(16)11(2)3/h6-11,15,18H,5H2,1-4H3. The first-order chi connectivity index (χ1) is 10.1. The number of rotatable bonds is 6. The van der Waals surface area contributed by atoms with Gasteiger partial charge in [-0.15, -0.1) is 0 Å². The van der Waals surface area contributed by atoms with Crippen LogP contribution in [-0.4, -0.2) is 23.4 Å². The second-order valence-corrected chi connectivity index (χ2v) is 5.56. The summed E-state index contributed by atoms with van der Waals surface area (Å²) in [5, 5.41) is 8.68. The minimum Gasteiger partial charge on any atom is -0.493 e. The summed E-state index contributed by atoms with van der Waals surface area (Å²) in [6.07, 6.45) is 1.76. The monoisotopic (exact) mass is 307 g/mol. The first-order valence-electron chi connectivity index (χ1n) is 7.19. The molecule has 1 aromatic carbocycles. The van der Waals surface area contributed by atoms with Gasteiger partial charge in [0.2, 0.25) is 0 Å². The van der Waals surface area contributed by atoms with Crippen molar-refractivity contribution in [3.8, 4) is 5.75 Å². The third kappa shape index (κ3) is 3.22. The molecule has 1 unspecified atom stereocenters. The molecule has 2 aromatic rings. The van der Waals surface area contributed by atoms with Crippen molar-refractivity contribution >= 4 is 11.6 Å². The van der Waals surface area contributed by atoms with Crippen LogP contribution < -0.4 is 10.1 Å². The Morgan fingerprint density at radius 2 is 2.05 bits per heavy atom. The summed E-state index contributed by atoms with van der Waals surface area (Å²) in [7, 11) is 1.67. The Morgan fingerprint density at radius 3 is 2.62 bits per heavy atom. The Bertz CT molecular complexity index is 595. The van der Waals surface area contributed by atoms with Gasteiger partial charge in [-0.25, -0.2) is 0 Å².